The van der Waals surface area contributed by atoms with Gasteiger partial charge in [-0.3, -0.25) is 0 Å². The van der Waals surface area contributed by atoms with Crippen LogP contribution in [0.1, 0.15) is 50.9 Å². The summed E-state index contributed by atoms with van der Waals surface area (Å²) in [4.78, 5) is 18.3. The standard InChI is InChI=1S/C15H21ClN2O2/c1-10-11(7-8-13(16)17-10)12-6-5-9-18(12)14(19)20-15(2,3)4/h7-8,12H,5-6,9H2,1-4H3/t12-/m0/s1. The Morgan fingerprint density at radius 1 is 1.45 bits per heavy atom. The first-order chi connectivity index (χ1) is 9.28. The zero-order chi connectivity index (χ0) is 14.9. The molecule has 0 aromatic carbocycles. The fraction of sp³-hybridized carbons (Fsp3) is 0.600. The van der Waals surface area contributed by atoms with E-state index in [1.54, 1.807) is 11.0 Å². The summed E-state index contributed by atoms with van der Waals surface area (Å²) >= 11 is 5.89. The molecule has 1 aromatic heterocycles. The molecule has 0 radical (unpaired) electrons. The average molecular weight is 297 g/mol. The molecule has 4 nitrogen and oxygen atoms in total. The van der Waals surface area contributed by atoms with E-state index in [2.05, 4.69) is 4.98 Å². The van der Waals surface area contributed by atoms with Gasteiger partial charge in [-0.1, -0.05) is 17.7 Å². The first-order valence-corrected chi connectivity index (χ1v) is 7.28. The first kappa shape index (κ1) is 15.1. The molecule has 1 fully saturated rings. The fourth-order valence-electron chi connectivity index (χ4n) is 2.52. The van der Waals surface area contributed by atoms with Crippen LogP contribution in [0.5, 0.6) is 0 Å². The van der Waals surface area contributed by atoms with Crippen molar-refractivity contribution in [1.82, 2.24) is 9.88 Å². The van der Waals surface area contributed by atoms with Crippen molar-refractivity contribution in [2.45, 2.75) is 52.2 Å². The van der Waals surface area contributed by atoms with Gasteiger partial charge in [0.25, 0.3) is 0 Å². The third-order valence-corrected chi connectivity index (χ3v) is 3.54. The van der Waals surface area contributed by atoms with Gasteiger partial charge in [0.2, 0.25) is 0 Å². The quantitative estimate of drug-likeness (QED) is 0.732. The van der Waals surface area contributed by atoms with Crippen molar-refractivity contribution in [2.24, 2.45) is 0 Å². The second kappa shape index (κ2) is 5.60. The predicted molar refractivity (Wildman–Crippen MR) is 78.9 cm³/mol. The van der Waals surface area contributed by atoms with Gasteiger partial charge in [-0.2, -0.15) is 0 Å². The van der Waals surface area contributed by atoms with Gasteiger partial charge >= 0.3 is 6.09 Å². The van der Waals surface area contributed by atoms with Crippen molar-refractivity contribution in [2.75, 3.05) is 6.54 Å². The van der Waals surface area contributed by atoms with E-state index in [0.717, 1.165) is 30.6 Å². The van der Waals surface area contributed by atoms with Gasteiger partial charge in [0.1, 0.15) is 10.8 Å². The van der Waals surface area contributed by atoms with Crippen molar-refractivity contribution < 1.29 is 9.53 Å². The van der Waals surface area contributed by atoms with Crippen molar-refractivity contribution in [3.8, 4) is 0 Å². The maximum absolute atomic E-state index is 12.3. The van der Waals surface area contributed by atoms with Gasteiger partial charge in [0.15, 0.2) is 0 Å². The number of hydrogen-bond donors (Lipinski definition) is 0. The van der Waals surface area contributed by atoms with Crippen LogP contribution < -0.4 is 0 Å². The number of aromatic nitrogens is 1. The molecule has 2 heterocycles. The SMILES string of the molecule is Cc1nc(Cl)ccc1[C@@H]1CCCN1C(=O)OC(C)(C)C. The minimum Gasteiger partial charge on any atom is -0.444 e. The number of rotatable bonds is 1. The van der Waals surface area contributed by atoms with Crippen LogP contribution in [0.2, 0.25) is 5.15 Å². The van der Waals surface area contributed by atoms with E-state index in [4.69, 9.17) is 16.3 Å². The molecule has 1 amide bonds. The largest absolute Gasteiger partial charge is 0.444 e. The summed E-state index contributed by atoms with van der Waals surface area (Å²) in [6, 6.07) is 3.77. The second-order valence-corrected chi connectivity index (χ2v) is 6.53. The Balaban J connectivity index is 2.21. The van der Waals surface area contributed by atoms with Crippen LogP contribution in [0, 0.1) is 6.92 Å². The number of pyridine rings is 1. The highest BCUT2D eigenvalue weighted by Gasteiger charge is 2.34. The molecular weight excluding hydrogens is 276 g/mol. The van der Waals surface area contributed by atoms with Crippen LogP contribution in [0.4, 0.5) is 4.79 Å². The maximum atomic E-state index is 12.3. The molecule has 20 heavy (non-hydrogen) atoms. The number of carbonyl (C=O) groups excluding carboxylic acids is 1. The zero-order valence-electron chi connectivity index (χ0n) is 12.4. The van der Waals surface area contributed by atoms with Crippen LogP contribution in [0.3, 0.4) is 0 Å². The molecule has 0 aliphatic carbocycles. The van der Waals surface area contributed by atoms with E-state index in [1.807, 2.05) is 33.8 Å². The lowest BCUT2D eigenvalue weighted by Crippen LogP contribution is -2.36. The Bertz CT molecular complexity index is 511. The van der Waals surface area contributed by atoms with E-state index in [1.165, 1.54) is 0 Å². The number of aryl methyl sites for hydroxylation is 1. The van der Waals surface area contributed by atoms with E-state index >= 15 is 0 Å². The summed E-state index contributed by atoms with van der Waals surface area (Å²) in [6.45, 7) is 8.29. The molecule has 2 rings (SSSR count). The van der Waals surface area contributed by atoms with Gasteiger partial charge in [-0.25, -0.2) is 9.78 Å². The second-order valence-electron chi connectivity index (χ2n) is 6.14. The van der Waals surface area contributed by atoms with Gasteiger partial charge in [0, 0.05) is 12.2 Å². The lowest BCUT2D eigenvalue weighted by molar-refractivity contribution is 0.0224. The predicted octanol–water partition coefficient (Wildman–Crippen LogP) is 4.12. The Hall–Kier alpha value is -1.29. The summed E-state index contributed by atoms with van der Waals surface area (Å²) in [5, 5.41) is 0.480. The van der Waals surface area contributed by atoms with Gasteiger partial charge in [-0.15, -0.1) is 0 Å². The van der Waals surface area contributed by atoms with Crippen LogP contribution in [0.25, 0.3) is 0 Å². The highest BCUT2D eigenvalue weighted by atomic mass is 35.5. The summed E-state index contributed by atoms with van der Waals surface area (Å²) in [5.74, 6) is 0. The van der Waals surface area contributed by atoms with Crippen molar-refractivity contribution in [1.29, 1.82) is 0 Å². The normalized spacial score (nSPS) is 19.2. The summed E-state index contributed by atoms with van der Waals surface area (Å²) in [6.07, 6.45) is 1.66. The Morgan fingerprint density at radius 2 is 2.15 bits per heavy atom. The summed E-state index contributed by atoms with van der Waals surface area (Å²) in [7, 11) is 0. The van der Waals surface area contributed by atoms with Gasteiger partial charge in [0.05, 0.1) is 6.04 Å². The first-order valence-electron chi connectivity index (χ1n) is 6.90. The number of ether oxygens (including phenoxy) is 1. The molecule has 1 aliphatic heterocycles. The highest BCUT2D eigenvalue weighted by molar-refractivity contribution is 6.29. The number of likely N-dealkylation sites (tertiary alicyclic amines) is 1. The topological polar surface area (TPSA) is 42.4 Å². The van der Waals surface area contributed by atoms with E-state index in [-0.39, 0.29) is 12.1 Å². The zero-order valence-corrected chi connectivity index (χ0v) is 13.2. The van der Waals surface area contributed by atoms with Crippen LogP contribution in [0.15, 0.2) is 12.1 Å². The monoisotopic (exact) mass is 296 g/mol. The van der Waals surface area contributed by atoms with Gasteiger partial charge in [-0.05, 0) is 52.2 Å². The van der Waals surface area contributed by atoms with Gasteiger partial charge < -0.3 is 9.64 Å². The van der Waals surface area contributed by atoms with Crippen molar-refractivity contribution in [3.63, 3.8) is 0 Å². The molecule has 0 saturated carbocycles. The summed E-state index contributed by atoms with van der Waals surface area (Å²) in [5.41, 5.74) is 1.45. The number of carbonyl (C=O) groups is 1. The molecule has 110 valence electrons. The van der Waals surface area contributed by atoms with E-state index in [0.29, 0.717) is 5.15 Å². The van der Waals surface area contributed by atoms with Crippen molar-refractivity contribution in [3.05, 3.63) is 28.5 Å². The molecule has 1 aromatic rings. The smallest absolute Gasteiger partial charge is 0.410 e. The van der Waals surface area contributed by atoms with Crippen LogP contribution in [-0.2, 0) is 4.74 Å². The van der Waals surface area contributed by atoms with Crippen LogP contribution in [-0.4, -0.2) is 28.1 Å². The lowest BCUT2D eigenvalue weighted by atomic mass is 10.0. The van der Waals surface area contributed by atoms with E-state index < -0.39 is 5.60 Å². The number of nitrogens with zero attached hydrogens (tertiary/aromatic N) is 2. The Morgan fingerprint density at radius 3 is 2.75 bits per heavy atom. The summed E-state index contributed by atoms with van der Waals surface area (Å²) < 4.78 is 5.48. The van der Waals surface area contributed by atoms with Crippen molar-refractivity contribution >= 4 is 17.7 Å². The molecule has 0 spiro atoms. The fourth-order valence-corrected chi connectivity index (χ4v) is 2.71. The Kier molecular flexibility index (Phi) is 4.23. The third kappa shape index (κ3) is 3.42. The molecule has 1 aliphatic rings. The minimum absolute atomic E-state index is 0.0367. The molecule has 5 heteroatoms. The molecule has 1 atom stereocenters. The maximum Gasteiger partial charge on any atom is 0.410 e. The molecular formula is C15H21ClN2O2. The lowest BCUT2D eigenvalue weighted by Gasteiger charge is -2.29. The average Bonchev–Trinajstić information content (AvgIpc) is 2.75. The highest BCUT2D eigenvalue weighted by Crippen LogP contribution is 2.34. The third-order valence-electron chi connectivity index (χ3n) is 3.33. The van der Waals surface area contributed by atoms with E-state index in [9.17, 15) is 4.79 Å². The molecule has 0 N–H and O–H groups in total. The number of hydrogen-bond acceptors (Lipinski definition) is 3. The minimum atomic E-state index is -0.475. The molecule has 0 unspecified atom stereocenters. The number of amides is 1. The van der Waals surface area contributed by atoms with Crippen LogP contribution >= 0.6 is 11.6 Å². The Labute approximate surface area is 125 Å². The molecule has 1 saturated heterocycles. The molecule has 0 bridgehead atoms. The number of halogens is 1.